The van der Waals surface area contributed by atoms with Crippen molar-refractivity contribution in [3.8, 4) is 5.69 Å². The number of nitrogens with zero attached hydrogens (tertiary/aromatic N) is 4. The molecule has 1 aromatic heterocycles. The van der Waals surface area contributed by atoms with E-state index in [1.54, 1.807) is 11.6 Å². The summed E-state index contributed by atoms with van der Waals surface area (Å²) in [5, 5.41) is 14.8. The molecule has 0 saturated heterocycles. The molecule has 7 heteroatoms. The Morgan fingerprint density at radius 2 is 2.04 bits per heavy atom. The van der Waals surface area contributed by atoms with Crippen molar-refractivity contribution in [3.63, 3.8) is 0 Å². The second-order valence-corrected chi connectivity index (χ2v) is 5.84. The third-order valence-corrected chi connectivity index (χ3v) is 4.20. The van der Waals surface area contributed by atoms with Crippen molar-refractivity contribution in [2.75, 3.05) is 12.4 Å². The third kappa shape index (κ3) is 3.50. The van der Waals surface area contributed by atoms with Gasteiger partial charge in [0.25, 0.3) is 0 Å². The van der Waals surface area contributed by atoms with E-state index >= 15 is 0 Å². The van der Waals surface area contributed by atoms with Gasteiger partial charge in [-0.05, 0) is 28.8 Å². The summed E-state index contributed by atoms with van der Waals surface area (Å²) in [6.45, 7) is 2.20. The topological polar surface area (TPSA) is 69.9 Å². The number of benzene rings is 2. The molecule has 2 aromatic carbocycles. The Labute approximate surface area is 137 Å². The van der Waals surface area contributed by atoms with Crippen LogP contribution >= 0.6 is 11.8 Å². The van der Waals surface area contributed by atoms with Gasteiger partial charge in [-0.25, -0.2) is 0 Å². The van der Waals surface area contributed by atoms with Crippen LogP contribution in [-0.2, 0) is 9.53 Å². The van der Waals surface area contributed by atoms with Crippen LogP contribution in [0.25, 0.3) is 16.5 Å². The van der Waals surface area contributed by atoms with Crippen molar-refractivity contribution in [3.05, 3.63) is 42.5 Å². The van der Waals surface area contributed by atoms with Gasteiger partial charge in [-0.2, -0.15) is 4.68 Å². The number of thioether (sulfide) groups is 1. The Morgan fingerprint density at radius 3 is 2.91 bits per heavy atom. The van der Waals surface area contributed by atoms with Gasteiger partial charge in [-0.15, -0.1) is 5.10 Å². The number of hydrogen-bond donors (Lipinski definition) is 0. The molecule has 3 aromatic rings. The maximum Gasteiger partial charge on any atom is 0.306 e. The lowest BCUT2D eigenvalue weighted by atomic mass is 10.1. The van der Waals surface area contributed by atoms with E-state index in [-0.39, 0.29) is 5.97 Å². The van der Waals surface area contributed by atoms with Crippen LogP contribution in [0.15, 0.2) is 47.6 Å². The second-order valence-electron chi connectivity index (χ2n) is 4.78. The zero-order valence-corrected chi connectivity index (χ0v) is 13.5. The summed E-state index contributed by atoms with van der Waals surface area (Å²) in [6, 6.07) is 14.1. The number of hydrogen-bond acceptors (Lipinski definition) is 6. The molecular weight excluding hydrogens is 312 g/mol. The van der Waals surface area contributed by atoms with E-state index in [1.165, 1.54) is 11.8 Å². The lowest BCUT2D eigenvalue weighted by Gasteiger charge is -2.07. The summed E-state index contributed by atoms with van der Waals surface area (Å²) < 4.78 is 6.63. The summed E-state index contributed by atoms with van der Waals surface area (Å²) in [5.74, 6) is 0.369. The molecular formula is C16H16N4O2S. The van der Waals surface area contributed by atoms with Gasteiger partial charge in [-0.3, -0.25) is 4.79 Å². The van der Waals surface area contributed by atoms with Crippen LogP contribution in [0.5, 0.6) is 0 Å². The van der Waals surface area contributed by atoms with Gasteiger partial charge in [0.05, 0.1) is 18.7 Å². The molecule has 0 unspecified atom stereocenters. The molecule has 23 heavy (non-hydrogen) atoms. The number of rotatable bonds is 6. The monoisotopic (exact) mass is 328 g/mol. The first-order valence-corrected chi connectivity index (χ1v) is 8.33. The Morgan fingerprint density at radius 1 is 1.22 bits per heavy atom. The van der Waals surface area contributed by atoms with Gasteiger partial charge in [0, 0.05) is 11.1 Å². The van der Waals surface area contributed by atoms with Crippen LogP contribution in [0.2, 0.25) is 0 Å². The van der Waals surface area contributed by atoms with Gasteiger partial charge >= 0.3 is 5.97 Å². The number of carbonyl (C=O) groups excluding carboxylic acids is 1. The lowest BCUT2D eigenvalue weighted by molar-refractivity contribution is -0.142. The minimum absolute atomic E-state index is 0.204. The zero-order chi connectivity index (χ0) is 16.1. The average Bonchev–Trinajstić information content (AvgIpc) is 3.03. The lowest BCUT2D eigenvalue weighted by Crippen LogP contribution is -2.05. The van der Waals surface area contributed by atoms with E-state index in [9.17, 15) is 4.79 Å². The van der Waals surface area contributed by atoms with Gasteiger partial charge in [0.1, 0.15) is 0 Å². The number of carbonyl (C=O) groups is 1. The van der Waals surface area contributed by atoms with Gasteiger partial charge in [0.2, 0.25) is 5.16 Å². The molecule has 6 nitrogen and oxygen atoms in total. The van der Waals surface area contributed by atoms with Crippen molar-refractivity contribution < 1.29 is 9.53 Å². The third-order valence-electron chi connectivity index (χ3n) is 3.28. The second kappa shape index (κ2) is 7.23. The molecule has 0 aliphatic carbocycles. The van der Waals surface area contributed by atoms with Gasteiger partial charge in [-0.1, -0.05) is 48.2 Å². The van der Waals surface area contributed by atoms with Crippen molar-refractivity contribution in [1.29, 1.82) is 0 Å². The molecule has 0 aliphatic rings. The minimum atomic E-state index is -0.204. The first-order chi connectivity index (χ1) is 11.3. The number of esters is 1. The molecule has 0 amide bonds. The fourth-order valence-electron chi connectivity index (χ4n) is 2.27. The Balaban J connectivity index is 1.81. The molecule has 1 heterocycles. The molecule has 0 N–H and O–H groups in total. The van der Waals surface area contributed by atoms with Crippen LogP contribution in [-0.4, -0.2) is 38.5 Å². The summed E-state index contributed by atoms with van der Waals surface area (Å²) in [7, 11) is 0. The Hall–Kier alpha value is -2.41. The molecule has 0 saturated carbocycles. The molecule has 118 valence electrons. The number of aromatic nitrogens is 4. The van der Waals surface area contributed by atoms with Crippen molar-refractivity contribution in [2.45, 2.75) is 18.5 Å². The molecule has 0 fully saturated rings. The molecule has 0 bridgehead atoms. The molecule has 3 rings (SSSR count). The van der Waals surface area contributed by atoms with E-state index in [2.05, 4.69) is 27.7 Å². The van der Waals surface area contributed by atoms with Crippen LogP contribution < -0.4 is 0 Å². The zero-order valence-electron chi connectivity index (χ0n) is 12.7. The highest BCUT2D eigenvalue weighted by molar-refractivity contribution is 7.99. The Bertz CT molecular complexity index is 813. The standard InChI is InChI=1S/C16H16N4O2S/c1-2-22-15(21)10-11-23-16-17-18-19-20(16)14-9-5-7-12-6-3-4-8-13(12)14/h3-9H,2,10-11H2,1H3. The fourth-order valence-corrected chi connectivity index (χ4v) is 3.07. The van der Waals surface area contributed by atoms with Crippen LogP contribution in [0.4, 0.5) is 0 Å². The Kier molecular flexibility index (Phi) is 4.87. The highest BCUT2D eigenvalue weighted by Crippen LogP contribution is 2.25. The first-order valence-electron chi connectivity index (χ1n) is 7.34. The molecule has 0 aliphatic heterocycles. The summed E-state index contributed by atoms with van der Waals surface area (Å²) in [4.78, 5) is 11.4. The van der Waals surface area contributed by atoms with Gasteiger partial charge in [0.15, 0.2) is 0 Å². The average molecular weight is 328 g/mol. The van der Waals surface area contributed by atoms with Crippen molar-refractivity contribution in [2.24, 2.45) is 0 Å². The van der Waals surface area contributed by atoms with Crippen molar-refractivity contribution >= 4 is 28.5 Å². The predicted octanol–water partition coefficient (Wildman–Crippen LogP) is 2.86. The number of ether oxygens (including phenoxy) is 1. The normalized spacial score (nSPS) is 10.8. The van der Waals surface area contributed by atoms with Gasteiger partial charge < -0.3 is 4.74 Å². The first kappa shape index (κ1) is 15.5. The van der Waals surface area contributed by atoms with Crippen LogP contribution in [0.3, 0.4) is 0 Å². The smallest absolute Gasteiger partial charge is 0.306 e. The fraction of sp³-hybridized carbons (Fsp3) is 0.250. The highest BCUT2D eigenvalue weighted by Gasteiger charge is 2.12. The maximum absolute atomic E-state index is 11.4. The molecule has 0 spiro atoms. The minimum Gasteiger partial charge on any atom is -0.466 e. The largest absolute Gasteiger partial charge is 0.466 e. The van der Waals surface area contributed by atoms with Crippen LogP contribution in [0, 0.1) is 0 Å². The highest BCUT2D eigenvalue weighted by atomic mass is 32.2. The summed E-state index contributed by atoms with van der Waals surface area (Å²) in [6.07, 6.45) is 0.334. The predicted molar refractivity (Wildman–Crippen MR) is 88.6 cm³/mol. The molecule has 0 atom stereocenters. The van der Waals surface area contributed by atoms with Crippen molar-refractivity contribution in [1.82, 2.24) is 20.2 Å². The quantitative estimate of drug-likeness (QED) is 0.512. The maximum atomic E-state index is 11.4. The number of tetrazole rings is 1. The summed E-state index contributed by atoms with van der Waals surface area (Å²) >= 11 is 1.44. The van der Waals surface area contributed by atoms with E-state index in [4.69, 9.17) is 4.74 Å². The number of fused-ring (bicyclic) bond motifs is 1. The van der Waals surface area contributed by atoms with E-state index in [1.807, 2.05) is 30.3 Å². The molecule has 0 radical (unpaired) electrons. The summed E-state index contributed by atoms with van der Waals surface area (Å²) in [5.41, 5.74) is 0.923. The van der Waals surface area contributed by atoms with E-state index < -0.39 is 0 Å². The van der Waals surface area contributed by atoms with Crippen LogP contribution in [0.1, 0.15) is 13.3 Å². The van der Waals surface area contributed by atoms with E-state index in [0.717, 1.165) is 16.5 Å². The van der Waals surface area contributed by atoms with E-state index in [0.29, 0.717) is 23.9 Å². The SMILES string of the molecule is CCOC(=O)CCSc1nnnn1-c1cccc2ccccc12.